The predicted molar refractivity (Wildman–Crippen MR) is 100 cm³/mol. The van der Waals surface area contributed by atoms with E-state index in [9.17, 15) is 18.4 Å². The van der Waals surface area contributed by atoms with Gasteiger partial charge >= 0.3 is 6.18 Å². The Morgan fingerprint density at radius 3 is 2.31 bits per heavy atom. The molecule has 1 heterocycles. The van der Waals surface area contributed by atoms with Gasteiger partial charge in [0.25, 0.3) is 0 Å². The van der Waals surface area contributed by atoms with Gasteiger partial charge in [-0.05, 0) is 58.2 Å². The van der Waals surface area contributed by atoms with Crippen LogP contribution in [-0.2, 0) is 5.41 Å². The van der Waals surface area contributed by atoms with E-state index in [1.807, 2.05) is 0 Å². The maximum absolute atomic E-state index is 14.1. The number of alkyl halides is 3. The van der Waals surface area contributed by atoms with E-state index in [2.05, 4.69) is 15.9 Å². The van der Waals surface area contributed by atoms with Crippen molar-refractivity contribution in [3.8, 4) is 0 Å². The Morgan fingerprint density at radius 2 is 1.77 bits per heavy atom. The number of quaternary nitrogens is 1. The van der Waals surface area contributed by atoms with E-state index in [4.69, 9.17) is 23.2 Å². The lowest BCUT2D eigenvalue weighted by Crippen LogP contribution is -2.70. The summed E-state index contributed by atoms with van der Waals surface area (Å²) in [6, 6.07) is 8.95. The van der Waals surface area contributed by atoms with Crippen LogP contribution in [0.1, 0.15) is 12.0 Å². The Balaban J connectivity index is 2.00. The van der Waals surface area contributed by atoms with Gasteiger partial charge in [-0.2, -0.15) is 13.2 Å². The summed E-state index contributed by atoms with van der Waals surface area (Å²) in [4.78, 5) is 1.65. The van der Waals surface area contributed by atoms with E-state index >= 15 is 0 Å². The second kappa shape index (κ2) is 7.20. The molecule has 9 heteroatoms. The van der Waals surface area contributed by atoms with E-state index in [-0.39, 0.29) is 35.1 Å². The number of nitrogens with two attached hydrogens (primary N) is 1. The maximum atomic E-state index is 14.1. The number of benzene rings is 2. The Hall–Kier alpha value is -0.990. The molecule has 0 aromatic heterocycles. The molecule has 0 bridgehead atoms. The van der Waals surface area contributed by atoms with Crippen LogP contribution in [0.3, 0.4) is 0 Å². The first-order valence-electron chi connectivity index (χ1n) is 7.69. The summed E-state index contributed by atoms with van der Waals surface area (Å²) in [6.07, 6.45) is -4.57. The van der Waals surface area contributed by atoms with Crippen LogP contribution < -0.4 is 10.4 Å². The minimum atomic E-state index is -4.46. The topological polar surface area (TPSA) is 42.9 Å². The molecule has 1 fully saturated rings. The average molecular weight is 470 g/mol. The summed E-state index contributed by atoms with van der Waals surface area (Å²) in [6.45, 7) is -0.0312. The molecular formula is C17H14BrCl2F3N2O. The fraction of sp³-hybridized carbons (Fsp3) is 0.294. The predicted octanol–water partition coefficient (Wildman–Crippen LogP) is 5.16. The van der Waals surface area contributed by atoms with Gasteiger partial charge in [-0.15, -0.1) is 0 Å². The number of anilines is 1. The third-order valence-electron chi connectivity index (χ3n) is 4.70. The molecule has 2 aromatic carbocycles. The lowest BCUT2D eigenvalue weighted by atomic mass is 9.79. The fourth-order valence-corrected chi connectivity index (χ4v) is 4.29. The highest BCUT2D eigenvalue weighted by Crippen LogP contribution is 2.49. The molecule has 2 aromatic rings. The van der Waals surface area contributed by atoms with Crippen molar-refractivity contribution in [3.63, 3.8) is 0 Å². The quantitative estimate of drug-likeness (QED) is 0.498. The smallest absolute Gasteiger partial charge is 0.400 e. The molecule has 140 valence electrons. The van der Waals surface area contributed by atoms with Crippen molar-refractivity contribution in [2.75, 3.05) is 18.0 Å². The third-order valence-corrected chi connectivity index (χ3v) is 5.83. The van der Waals surface area contributed by atoms with E-state index in [1.165, 1.54) is 18.2 Å². The monoisotopic (exact) mass is 468 g/mol. The minimum Gasteiger partial charge on any atom is -0.630 e. The van der Waals surface area contributed by atoms with Crippen LogP contribution in [0, 0.1) is 5.21 Å². The van der Waals surface area contributed by atoms with Gasteiger partial charge in [0.2, 0.25) is 0 Å². The molecule has 1 aliphatic heterocycles. The Kier molecular flexibility index (Phi) is 5.48. The highest BCUT2D eigenvalue weighted by Gasteiger charge is 2.59. The summed E-state index contributed by atoms with van der Waals surface area (Å²) < 4.78 is 42.8. The summed E-state index contributed by atoms with van der Waals surface area (Å²) >= 11 is 15.2. The lowest BCUT2D eigenvalue weighted by molar-refractivity contribution is -0.497. The van der Waals surface area contributed by atoms with Crippen molar-refractivity contribution >= 4 is 50.5 Å². The molecule has 0 radical (unpaired) electrons. The van der Waals surface area contributed by atoms with E-state index < -0.39 is 11.6 Å². The molecule has 1 saturated heterocycles. The van der Waals surface area contributed by atoms with Crippen molar-refractivity contribution in [3.05, 3.63) is 61.7 Å². The normalized spacial score (nSPS) is 20.7. The van der Waals surface area contributed by atoms with Crippen LogP contribution >= 0.6 is 39.1 Å². The van der Waals surface area contributed by atoms with E-state index in [0.29, 0.717) is 21.3 Å². The molecular weight excluding hydrogens is 456 g/mol. The summed E-state index contributed by atoms with van der Waals surface area (Å²) in [5, 5.41) is 11.3. The second-order valence-electron chi connectivity index (χ2n) is 6.23. The molecule has 0 saturated carbocycles. The van der Waals surface area contributed by atoms with E-state index in [0.717, 1.165) is 0 Å². The molecule has 2 N–H and O–H groups in total. The zero-order valence-electron chi connectivity index (χ0n) is 13.3. The minimum absolute atomic E-state index is 0.0635. The number of hydrogen-bond donors (Lipinski definition) is 1. The number of halogens is 6. The summed E-state index contributed by atoms with van der Waals surface area (Å²) in [5.74, 6) is 0. The first-order chi connectivity index (χ1) is 12.2. The van der Waals surface area contributed by atoms with Crippen LogP contribution in [-0.4, -0.2) is 19.3 Å². The highest BCUT2D eigenvalue weighted by atomic mass is 79.9. The van der Waals surface area contributed by atoms with Gasteiger partial charge in [-0.1, -0.05) is 23.2 Å². The molecule has 0 amide bonds. The zero-order chi connectivity index (χ0) is 19.1. The molecule has 26 heavy (non-hydrogen) atoms. The Morgan fingerprint density at radius 1 is 1.12 bits per heavy atom. The van der Waals surface area contributed by atoms with Crippen LogP contribution in [0.15, 0.2) is 40.9 Å². The molecule has 1 unspecified atom stereocenters. The largest absolute Gasteiger partial charge is 0.630 e. The van der Waals surface area contributed by atoms with Gasteiger partial charge in [-0.3, -0.25) is 0 Å². The van der Waals surface area contributed by atoms with Crippen LogP contribution in [0.2, 0.25) is 10.0 Å². The van der Waals surface area contributed by atoms with Crippen molar-refractivity contribution < 1.29 is 18.7 Å². The molecule has 1 atom stereocenters. The first kappa shape index (κ1) is 19.8. The standard InChI is InChI=1S/C17H14BrCl2F3N2O/c18-14-8-13(1-2-15(14)24-26)25-4-3-16(9-25,17(21,22)23)10-5-11(19)7-12(20)6-10/h1-2,5-8H,3-4,9,24H2. The van der Waals surface area contributed by atoms with Crippen LogP contribution in [0.25, 0.3) is 0 Å². The molecule has 3 nitrogen and oxygen atoms in total. The average Bonchev–Trinajstić information content (AvgIpc) is 3.00. The summed E-state index contributed by atoms with van der Waals surface area (Å²) in [5.41, 5.74) is -0.254. The first-order valence-corrected chi connectivity index (χ1v) is 9.24. The number of hydrogen-bond acceptors (Lipinski definition) is 2. The van der Waals surface area contributed by atoms with Gasteiger partial charge in [0.15, 0.2) is 0 Å². The van der Waals surface area contributed by atoms with Crippen LogP contribution in [0.4, 0.5) is 24.5 Å². The van der Waals surface area contributed by atoms with Gasteiger partial charge in [0.1, 0.15) is 11.1 Å². The summed E-state index contributed by atoms with van der Waals surface area (Å²) in [7, 11) is 0. The van der Waals surface area contributed by atoms with E-state index in [1.54, 1.807) is 23.1 Å². The van der Waals surface area contributed by atoms with Gasteiger partial charge in [0.05, 0.1) is 4.47 Å². The number of nitrogens with zero attached hydrogens (tertiary/aromatic N) is 1. The molecule has 1 aliphatic rings. The van der Waals surface area contributed by atoms with Crippen molar-refractivity contribution in [2.45, 2.75) is 18.0 Å². The Bertz CT molecular complexity index is 814. The molecule has 0 aliphatic carbocycles. The molecule has 0 spiro atoms. The van der Waals surface area contributed by atoms with Crippen molar-refractivity contribution in [1.82, 2.24) is 0 Å². The second-order valence-corrected chi connectivity index (χ2v) is 7.96. The van der Waals surface area contributed by atoms with Gasteiger partial charge in [0, 0.05) is 34.9 Å². The maximum Gasteiger partial charge on any atom is 0.400 e. The fourth-order valence-electron chi connectivity index (χ4n) is 3.30. The Labute approximate surface area is 166 Å². The molecule has 3 rings (SSSR count). The van der Waals surface area contributed by atoms with Gasteiger partial charge < -0.3 is 15.6 Å². The SMILES string of the molecule is [O-][NH2+]c1ccc(N2CCC(c3cc(Cl)cc(Cl)c3)(C(F)(F)F)C2)cc1Br. The lowest BCUT2D eigenvalue weighted by Gasteiger charge is -2.33. The zero-order valence-corrected chi connectivity index (χ0v) is 16.4. The number of rotatable bonds is 3. The third kappa shape index (κ3) is 3.55. The van der Waals surface area contributed by atoms with Crippen molar-refractivity contribution in [2.24, 2.45) is 0 Å². The van der Waals surface area contributed by atoms with Crippen molar-refractivity contribution in [1.29, 1.82) is 0 Å². The van der Waals surface area contributed by atoms with Crippen LogP contribution in [0.5, 0.6) is 0 Å². The van der Waals surface area contributed by atoms with Gasteiger partial charge in [-0.25, -0.2) is 0 Å². The highest BCUT2D eigenvalue weighted by molar-refractivity contribution is 9.10.